The molecular weight excluding hydrogens is 270 g/mol. The number of hydrogen-bond donors (Lipinski definition) is 2. The molecule has 0 bridgehead atoms. The lowest BCUT2D eigenvalue weighted by Gasteiger charge is -2.23. The second-order valence-corrected chi connectivity index (χ2v) is 5.36. The second-order valence-electron chi connectivity index (χ2n) is 4.50. The van der Waals surface area contributed by atoms with Gasteiger partial charge in [0, 0.05) is 18.7 Å². The third-order valence-corrected chi connectivity index (χ3v) is 3.59. The minimum Gasteiger partial charge on any atom is -0.507 e. The topological polar surface area (TPSA) is 41.5 Å². The smallest absolute Gasteiger partial charge is 0.129 e. The van der Waals surface area contributed by atoms with Crippen molar-refractivity contribution in [2.75, 3.05) is 13.2 Å². The van der Waals surface area contributed by atoms with Gasteiger partial charge in [0.15, 0.2) is 0 Å². The summed E-state index contributed by atoms with van der Waals surface area (Å²) in [6, 6.07) is 5.56. The van der Waals surface area contributed by atoms with Crippen LogP contribution in [0.2, 0.25) is 0 Å². The van der Waals surface area contributed by atoms with Crippen LogP contribution in [0.25, 0.3) is 0 Å². The highest BCUT2D eigenvalue weighted by atomic mass is 79.9. The third-order valence-electron chi connectivity index (χ3n) is 2.95. The fraction of sp³-hybridized carbons (Fsp3) is 0.500. The molecule has 1 heterocycles. The van der Waals surface area contributed by atoms with E-state index in [2.05, 4.69) is 28.2 Å². The maximum Gasteiger partial charge on any atom is 0.129 e. The highest BCUT2D eigenvalue weighted by molar-refractivity contribution is 9.10. The molecule has 0 aliphatic carbocycles. The summed E-state index contributed by atoms with van der Waals surface area (Å²) in [6.07, 6.45) is 1.05. The Hall–Kier alpha value is -0.580. The van der Waals surface area contributed by atoms with Crippen molar-refractivity contribution in [1.82, 2.24) is 5.32 Å². The average Bonchev–Trinajstić information content (AvgIpc) is 2.68. The van der Waals surface area contributed by atoms with Crippen LogP contribution in [-0.2, 0) is 11.3 Å². The summed E-state index contributed by atoms with van der Waals surface area (Å²) in [7, 11) is 0. The van der Waals surface area contributed by atoms with Crippen molar-refractivity contribution in [3.63, 3.8) is 0 Å². The molecule has 1 atom stereocenters. The quantitative estimate of drug-likeness (QED) is 0.896. The summed E-state index contributed by atoms with van der Waals surface area (Å²) in [5, 5.41) is 12.9. The Balaban J connectivity index is 1.96. The minimum absolute atomic E-state index is 0.0877. The molecule has 88 valence electrons. The van der Waals surface area contributed by atoms with E-state index in [0.29, 0.717) is 0 Å². The molecule has 1 fully saturated rings. The van der Waals surface area contributed by atoms with E-state index >= 15 is 0 Å². The molecule has 1 aliphatic heterocycles. The summed E-state index contributed by atoms with van der Waals surface area (Å²) in [6.45, 7) is 4.57. The molecular formula is C12H16BrNO2. The first kappa shape index (κ1) is 11.9. The minimum atomic E-state index is 0.0877. The number of halogens is 1. The maximum absolute atomic E-state index is 9.39. The maximum atomic E-state index is 9.39. The van der Waals surface area contributed by atoms with E-state index in [0.717, 1.165) is 36.2 Å². The lowest BCUT2D eigenvalue weighted by Crippen LogP contribution is -2.42. The van der Waals surface area contributed by atoms with Crippen LogP contribution in [0.4, 0.5) is 0 Å². The van der Waals surface area contributed by atoms with E-state index in [9.17, 15) is 5.11 Å². The Kier molecular flexibility index (Phi) is 3.52. The van der Waals surface area contributed by atoms with Gasteiger partial charge in [-0.15, -0.1) is 0 Å². The summed E-state index contributed by atoms with van der Waals surface area (Å²) >= 11 is 3.31. The fourth-order valence-electron chi connectivity index (χ4n) is 1.78. The van der Waals surface area contributed by atoms with Gasteiger partial charge in [0.05, 0.1) is 11.1 Å². The van der Waals surface area contributed by atoms with Crippen molar-refractivity contribution in [2.24, 2.45) is 0 Å². The largest absolute Gasteiger partial charge is 0.507 e. The zero-order valence-electron chi connectivity index (χ0n) is 9.29. The Morgan fingerprint density at radius 3 is 3.00 bits per heavy atom. The van der Waals surface area contributed by atoms with E-state index in [1.807, 2.05) is 12.1 Å². The molecule has 1 aliphatic rings. The standard InChI is InChI=1S/C12H16BrNO2/c1-12(4-5-16-8-12)14-7-9-2-3-11(15)10(13)6-9/h2-3,6,14-15H,4-5,7-8H2,1H3. The van der Waals surface area contributed by atoms with Gasteiger partial charge in [-0.1, -0.05) is 6.07 Å². The van der Waals surface area contributed by atoms with Crippen LogP contribution >= 0.6 is 15.9 Å². The molecule has 1 unspecified atom stereocenters. The van der Waals surface area contributed by atoms with Gasteiger partial charge in [-0.25, -0.2) is 0 Å². The number of ether oxygens (including phenoxy) is 1. The number of phenols is 1. The molecule has 0 aromatic heterocycles. The first-order valence-corrected chi connectivity index (χ1v) is 6.19. The van der Waals surface area contributed by atoms with E-state index in [-0.39, 0.29) is 11.3 Å². The number of hydrogen-bond acceptors (Lipinski definition) is 3. The summed E-state index contributed by atoms with van der Waals surface area (Å²) < 4.78 is 6.12. The SMILES string of the molecule is CC1(NCc2ccc(O)c(Br)c2)CCOC1. The van der Waals surface area contributed by atoms with Gasteiger partial charge in [0.1, 0.15) is 5.75 Å². The third kappa shape index (κ3) is 2.75. The van der Waals surface area contributed by atoms with Crippen LogP contribution in [0.15, 0.2) is 22.7 Å². The molecule has 0 amide bonds. The van der Waals surface area contributed by atoms with Gasteiger partial charge in [0.2, 0.25) is 0 Å². The second kappa shape index (κ2) is 4.73. The molecule has 1 aromatic carbocycles. The fourth-order valence-corrected chi connectivity index (χ4v) is 2.21. The summed E-state index contributed by atoms with van der Waals surface area (Å²) in [5.41, 5.74) is 1.24. The van der Waals surface area contributed by atoms with Crippen LogP contribution in [0.3, 0.4) is 0 Å². The predicted octanol–water partition coefficient (Wildman–Crippen LogP) is 2.42. The van der Waals surface area contributed by atoms with Gasteiger partial charge < -0.3 is 15.2 Å². The first-order valence-electron chi connectivity index (χ1n) is 5.39. The van der Waals surface area contributed by atoms with Gasteiger partial charge >= 0.3 is 0 Å². The Labute approximate surface area is 104 Å². The van der Waals surface area contributed by atoms with Crippen LogP contribution in [0, 0.1) is 0 Å². The Morgan fingerprint density at radius 2 is 2.38 bits per heavy atom. The van der Waals surface area contributed by atoms with Crippen molar-refractivity contribution >= 4 is 15.9 Å². The molecule has 0 spiro atoms. The van der Waals surface area contributed by atoms with Crippen LogP contribution in [0.5, 0.6) is 5.75 Å². The molecule has 0 radical (unpaired) electrons. The highest BCUT2D eigenvalue weighted by Crippen LogP contribution is 2.25. The Bertz CT molecular complexity index is 375. The van der Waals surface area contributed by atoms with Crippen molar-refractivity contribution in [3.8, 4) is 5.75 Å². The van der Waals surface area contributed by atoms with E-state index in [1.54, 1.807) is 6.07 Å². The molecule has 2 rings (SSSR count). The molecule has 1 saturated heterocycles. The molecule has 2 N–H and O–H groups in total. The number of benzene rings is 1. The van der Waals surface area contributed by atoms with Crippen molar-refractivity contribution in [2.45, 2.75) is 25.4 Å². The number of rotatable bonds is 3. The Morgan fingerprint density at radius 1 is 1.56 bits per heavy atom. The number of nitrogens with one attached hydrogen (secondary N) is 1. The predicted molar refractivity (Wildman–Crippen MR) is 66.5 cm³/mol. The van der Waals surface area contributed by atoms with Crippen LogP contribution < -0.4 is 5.32 Å². The van der Waals surface area contributed by atoms with Gasteiger partial charge in [-0.3, -0.25) is 0 Å². The normalized spacial score (nSPS) is 24.9. The average molecular weight is 286 g/mol. The van der Waals surface area contributed by atoms with Gasteiger partial charge in [-0.2, -0.15) is 0 Å². The zero-order valence-corrected chi connectivity index (χ0v) is 10.9. The van der Waals surface area contributed by atoms with Crippen LogP contribution in [0.1, 0.15) is 18.9 Å². The monoisotopic (exact) mass is 285 g/mol. The molecule has 16 heavy (non-hydrogen) atoms. The van der Waals surface area contributed by atoms with E-state index < -0.39 is 0 Å². The lowest BCUT2D eigenvalue weighted by molar-refractivity contribution is 0.171. The first-order chi connectivity index (χ1) is 7.59. The van der Waals surface area contributed by atoms with Crippen molar-refractivity contribution < 1.29 is 9.84 Å². The van der Waals surface area contributed by atoms with Gasteiger partial charge in [0.25, 0.3) is 0 Å². The molecule has 1 aromatic rings. The zero-order chi connectivity index (χ0) is 11.6. The summed E-state index contributed by atoms with van der Waals surface area (Å²) in [4.78, 5) is 0. The van der Waals surface area contributed by atoms with Crippen molar-refractivity contribution in [1.29, 1.82) is 0 Å². The van der Waals surface area contributed by atoms with Gasteiger partial charge in [-0.05, 0) is 47.0 Å². The van der Waals surface area contributed by atoms with Crippen LogP contribution in [-0.4, -0.2) is 23.9 Å². The van der Waals surface area contributed by atoms with Crippen molar-refractivity contribution in [3.05, 3.63) is 28.2 Å². The molecule has 3 nitrogen and oxygen atoms in total. The lowest BCUT2D eigenvalue weighted by atomic mass is 10.0. The molecule has 4 heteroatoms. The highest BCUT2D eigenvalue weighted by Gasteiger charge is 2.28. The molecule has 0 saturated carbocycles. The number of phenolic OH excluding ortho intramolecular Hbond substituents is 1. The van der Waals surface area contributed by atoms with E-state index in [1.165, 1.54) is 0 Å². The number of aromatic hydroxyl groups is 1. The van der Waals surface area contributed by atoms with E-state index in [4.69, 9.17) is 4.74 Å². The summed E-state index contributed by atoms with van der Waals surface area (Å²) in [5.74, 6) is 0.277.